The van der Waals surface area contributed by atoms with Crippen molar-refractivity contribution >= 4 is 15.9 Å². The molecular weight excluding hydrogens is 284 g/mol. The molecule has 0 aliphatic heterocycles. The van der Waals surface area contributed by atoms with Gasteiger partial charge in [-0.25, -0.2) is 4.98 Å². The van der Waals surface area contributed by atoms with Crippen molar-refractivity contribution < 1.29 is 5.11 Å². The Kier molecular flexibility index (Phi) is 3.71. The van der Waals surface area contributed by atoms with Crippen LogP contribution in [0.3, 0.4) is 0 Å². The molecule has 0 saturated carbocycles. The fourth-order valence-electron chi connectivity index (χ4n) is 1.48. The second-order valence-electron chi connectivity index (χ2n) is 3.65. The summed E-state index contributed by atoms with van der Waals surface area (Å²) >= 11 is 3.15. The van der Waals surface area contributed by atoms with Crippen LogP contribution < -0.4 is 5.56 Å². The number of aliphatic hydroxyl groups excluding tert-OH is 1. The summed E-state index contributed by atoms with van der Waals surface area (Å²) in [4.78, 5) is 15.7. The van der Waals surface area contributed by atoms with E-state index in [4.69, 9.17) is 5.11 Å². The lowest BCUT2D eigenvalue weighted by atomic mass is 10.1. The number of nitrogens with zero attached hydrogens (tertiary/aromatic N) is 2. The molecule has 1 aromatic carbocycles. The third-order valence-corrected chi connectivity index (χ3v) is 2.96. The van der Waals surface area contributed by atoms with Gasteiger partial charge in [0.25, 0.3) is 5.56 Å². The first-order valence-corrected chi connectivity index (χ1v) is 5.88. The molecule has 1 aromatic heterocycles. The minimum atomic E-state index is -0.105. The van der Waals surface area contributed by atoms with Crippen molar-refractivity contribution in [2.24, 2.45) is 0 Å². The van der Waals surface area contributed by atoms with E-state index < -0.39 is 0 Å². The maximum atomic E-state index is 11.7. The second-order valence-corrected chi connectivity index (χ2v) is 4.50. The van der Waals surface area contributed by atoms with Gasteiger partial charge in [0.1, 0.15) is 4.47 Å². The maximum Gasteiger partial charge on any atom is 0.267 e. The van der Waals surface area contributed by atoms with Crippen LogP contribution in [0.4, 0.5) is 0 Å². The first-order chi connectivity index (χ1) is 8.20. The molecule has 0 fully saturated rings. The second kappa shape index (κ2) is 5.25. The number of rotatable bonds is 3. The monoisotopic (exact) mass is 294 g/mol. The van der Waals surface area contributed by atoms with E-state index in [1.165, 1.54) is 17.1 Å². The molecule has 5 heteroatoms. The van der Waals surface area contributed by atoms with E-state index in [1.807, 2.05) is 24.3 Å². The van der Waals surface area contributed by atoms with Gasteiger partial charge in [0.05, 0.1) is 19.5 Å². The molecule has 2 aromatic rings. The van der Waals surface area contributed by atoms with E-state index in [9.17, 15) is 4.79 Å². The fraction of sp³-hybridized carbons (Fsp3) is 0.167. The van der Waals surface area contributed by atoms with Crippen molar-refractivity contribution in [1.82, 2.24) is 9.55 Å². The minimum absolute atomic E-state index is 0.0265. The molecule has 88 valence electrons. The molecule has 0 radical (unpaired) electrons. The van der Waals surface area contributed by atoms with Crippen LogP contribution in [0.15, 0.2) is 46.1 Å². The predicted molar refractivity (Wildman–Crippen MR) is 67.7 cm³/mol. The standard InChI is InChI=1S/C12H11BrN2O2/c13-11-5-14-8-15(12(11)17)6-9-1-3-10(7-16)4-2-9/h1-5,8,16H,6-7H2. The summed E-state index contributed by atoms with van der Waals surface area (Å²) in [6.07, 6.45) is 2.99. The summed E-state index contributed by atoms with van der Waals surface area (Å²) in [6, 6.07) is 7.45. The van der Waals surface area contributed by atoms with Crippen LogP contribution in [0.5, 0.6) is 0 Å². The molecule has 0 saturated heterocycles. The summed E-state index contributed by atoms with van der Waals surface area (Å²) < 4.78 is 1.98. The number of hydrogen-bond acceptors (Lipinski definition) is 3. The number of aromatic nitrogens is 2. The highest BCUT2D eigenvalue weighted by Crippen LogP contribution is 2.06. The van der Waals surface area contributed by atoms with Gasteiger partial charge in [-0.15, -0.1) is 0 Å². The lowest BCUT2D eigenvalue weighted by Gasteiger charge is -2.06. The van der Waals surface area contributed by atoms with Crippen molar-refractivity contribution in [2.75, 3.05) is 0 Å². The van der Waals surface area contributed by atoms with E-state index in [1.54, 1.807) is 0 Å². The molecule has 0 aliphatic carbocycles. The Balaban J connectivity index is 2.25. The molecule has 0 amide bonds. The largest absolute Gasteiger partial charge is 0.392 e. The van der Waals surface area contributed by atoms with Crippen LogP contribution in [0.25, 0.3) is 0 Å². The van der Waals surface area contributed by atoms with Gasteiger partial charge in [-0.1, -0.05) is 24.3 Å². The molecule has 0 unspecified atom stereocenters. The van der Waals surface area contributed by atoms with E-state index in [0.29, 0.717) is 11.0 Å². The highest BCUT2D eigenvalue weighted by atomic mass is 79.9. The van der Waals surface area contributed by atoms with E-state index >= 15 is 0 Å². The molecule has 1 N–H and O–H groups in total. The lowest BCUT2D eigenvalue weighted by molar-refractivity contribution is 0.282. The zero-order valence-electron chi connectivity index (χ0n) is 9.01. The minimum Gasteiger partial charge on any atom is -0.392 e. The Bertz CT molecular complexity index is 563. The van der Waals surface area contributed by atoms with Crippen LogP contribution in [0.1, 0.15) is 11.1 Å². The predicted octanol–water partition coefficient (Wildman–Crippen LogP) is 1.55. The maximum absolute atomic E-state index is 11.7. The molecular formula is C12H11BrN2O2. The Morgan fingerprint density at radius 2 is 1.88 bits per heavy atom. The highest BCUT2D eigenvalue weighted by Gasteiger charge is 2.01. The van der Waals surface area contributed by atoms with Crippen LogP contribution in [-0.4, -0.2) is 14.7 Å². The molecule has 2 rings (SSSR count). The first-order valence-electron chi connectivity index (χ1n) is 5.09. The smallest absolute Gasteiger partial charge is 0.267 e. The van der Waals surface area contributed by atoms with Gasteiger partial charge in [0, 0.05) is 6.20 Å². The van der Waals surface area contributed by atoms with Crippen molar-refractivity contribution in [3.05, 3.63) is 62.7 Å². The topological polar surface area (TPSA) is 55.1 Å². The van der Waals surface area contributed by atoms with E-state index in [-0.39, 0.29) is 12.2 Å². The lowest BCUT2D eigenvalue weighted by Crippen LogP contribution is -2.21. The molecule has 0 bridgehead atoms. The zero-order valence-corrected chi connectivity index (χ0v) is 10.6. The van der Waals surface area contributed by atoms with Crippen LogP contribution in [-0.2, 0) is 13.2 Å². The van der Waals surface area contributed by atoms with Crippen molar-refractivity contribution in [1.29, 1.82) is 0 Å². The van der Waals surface area contributed by atoms with E-state index in [2.05, 4.69) is 20.9 Å². The quantitative estimate of drug-likeness (QED) is 0.934. The molecule has 0 aliphatic rings. The summed E-state index contributed by atoms with van der Waals surface area (Å²) in [5.74, 6) is 0. The molecule has 1 heterocycles. The van der Waals surface area contributed by atoms with Crippen molar-refractivity contribution in [3.63, 3.8) is 0 Å². The highest BCUT2D eigenvalue weighted by molar-refractivity contribution is 9.10. The van der Waals surface area contributed by atoms with Gasteiger partial charge in [-0.2, -0.15) is 0 Å². The van der Waals surface area contributed by atoms with Gasteiger partial charge in [-0.05, 0) is 27.1 Å². The third kappa shape index (κ3) is 2.81. The number of aliphatic hydroxyl groups is 1. The van der Waals surface area contributed by atoms with Gasteiger partial charge < -0.3 is 5.11 Å². The Morgan fingerprint density at radius 1 is 1.24 bits per heavy atom. The number of halogens is 1. The molecule has 17 heavy (non-hydrogen) atoms. The zero-order chi connectivity index (χ0) is 12.3. The Labute approximate surface area is 107 Å². The van der Waals surface area contributed by atoms with Crippen molar-refractivity contribution in [3.8, 4) is 0 Å². The normalized spacial score (nSPS) is 10.5. The van der Waals surface area contributed by atoms with E-state index in [0.717, 1.165) is 11.1 Å². The van der Waals surface area contributed by atoms with Gasteiger partial charge in [0.2, 0.25) is 0 Å². The van der Waals surface area contributed by atoms with Crippen molar-refractivity contribution in [2.45, 2.75) is 13.2 Å². The first kappa shape index (κ1) is 12.0. The summed E-state index contributed by atoms with van der Waals surface area (Å²) in [5.41, 5.74) is 1.74. The SMILES string of the molecule is O=c1c(Br)cncn1Cc1ccc(CO)cc1. The average Bonchev–Trinajstić information content (AvgIpc) is 2.36. The summed E-state index contributed by atoms with van der Waals surface area (Å²) in [6.45, 7) is 0.496. The van der Waals surface area contributed by atoms with Gasteiger partial charge >= 0.3 is 0 Å². The van der Waals surface area contributed by atoms with Crippen LogP contribution >= 0.6 is 15.9 Å². The Morgan fingerprint density at radius 3 is 2.53 bits per heavy atom. The van der Waals surface area contributed by atoms with Crippen LogP contribution in [0.2, 0.25) is 0 Å². The number of benzene rings is 1. The Hall–Kier alpha value is -1.46. The summed E-state index contributed by atoms with van der Waals surface area (Å²) in [7, 11) is 0. The van der Waals surface area contributed by atoms with Gasteiger partial charge in [-0.3, -0.25) is 9.36 Å². The number of hydrogen-bond donors (Lipinski definition) is 1. The fourth-order valence-corrected chi connectivity index (χ4v) is 1.83. The average molecular weight is 295 g/mol. The van der Waals surface area contributed by atoms with Gasteiger partial charge in [0.15, 0.2) is 0 Å². The molecule has 4 nitrogen and oxygen atoms in total. The third-order valence-electron chi connectivity index (χ3n) is 2.42. The molecule has 0 spiro atoms. The summed E-state index contributed by atoms with van der Waals surface area (Å²) in [5, 5.41) is 8.93. The molecule has 0 atom stereocenters. The van der Waals surface area contributed by atoms with Crippen LogP contribution in [0, 0.1) is 0 Å².